The molecule has 1 amide bonds. The number of ether oxygens (including phenoxy) is 1. The van der Waals surface area contributed by atoms with Crippen LogP contribution in [0.1, 0.15) is 6.42 Å². The lowest BCUT2D eigenvalue weighted by molar-refractivity contribution is -0.383. The first-order valence-electron chi connectivity index (χ1n) is 9.95. The number of amides is 1. The number of anilines is 3. The van der Waals surface area contributed by atoms with Crippen LogP contribution in [0, 0.1) is 10.1 Å². The number of nitrogens with zero attached hydrogens (tertiary/aromatic N) is 2. The van der Waals surface area contributed by atoms with Crippen LogP contribution in [-0.2, 0) is 14.3 Å². The number of carbonyl (C=O) groups excluding carboxylic acids is 2. The summed E-state index contributed by atoms with van der Waals surface area (Å²) < 4.78 is 5.09. The number of nitrogens with one attached hydrogen (secondary N) is 1. The summed E-state index contributed by atoms with van der Waals surface area (Å²) in [6.07, 6.45) is 0.0572. The van der Waals surface area contributed by atoms with Gasteiger partial charge in [-0.3, -0.25) is 19.7 Å². The van der Waals surface area contributed by atoms with Gasteiger partial charge in [-0.1, -0.05) is 47.6 Å². The van der Waals surface area contributed by atoms with E-state index in [2.05, 4.69) is 10.2 Å². The molecule has 1 N–H and O–H groups in total. The molecule has 0 atom stereocenters. The fraction of sp³-hybridized carbons (Fsp3) is 0.130. The molecule has 0 radical (unpaired) electrons. The average molecular weight is 484 g/mol. The Labute approximate surface area is 198 Å². The molecule has 0 bridgehead atoms. The average Bonchev–Trinajstić information content (AvgIpc) is 2.81. The van der Waals surface area contributed by atoms with E-state index in [1.165, 1.54) is 12.1 Å². The molecule has 3 aromatic carbocycles. The molecule has 1 heterocycles. The predicted octanol–water partition coefficient (Wildman–Crippen LogP) is 5.42. The number of nitro benzene ring substituents is 1. The van der Waals surface area contributed by atoms with Gasteiger partial charge in [-0.2, -0.15) is 0 Å². The Hall–Kier alpha value is -3.56. The first kappa shape index (κ1) is 22.6. The van der Waals surface area contributed by atoms with Gasteiger partial charge in [0.1, 0.15) is 5.69 Å². The monoisotopic (exact) mass is 483 g/mol. The summed E-state index contributed by atoms with van der Waals surface area (Å²) in [6.45, 7) is -0.181. The second-order valence-corrected chi connectivity index (χ2v) is 8.59. The first-order valence-corrected chi connectivity index (χ1v) is 11.1. The van der Waals surface area contributed by atoms with Gasteiger partial charge < -0.3 is 15.0 Å². The molecule has 4 rings (SSSR count). The number of rotatable bonds is 7. The Morgan fingerprint density at radius 3 is 2.30 bits per heavy atom. The lowest BCUT2D eigenvalue weighted by Crippen LogP contribution is -2.26. The van der Waals surface area contributed by atoms with Gasteiger partial charge in [0, 0.05) is 27.4 Å². The molecule has 0 unspecified atom stereocenters. The number of fused-ring (bicyclic) bond motifs is 2. The Morgan fingerprint density at radius 2 is 1.67 bits per heavy atom. The molecule has 0 aromatic heterocycles. The smallest absolute Gasteiger partial charge is 0.308 e. The van der Waals surface area contributed by atoms with Crippen LogP contribution in [0.25, 0.3) is 0 Å². The van der Waals surface area contributed by atoms with Crippen LogP contribution >= 0.6 is 23.4 Å². The van der Waals surface area contributed by atoms with E-state index in [0.717, 1.165) is 27.2 Å². The summed E-state index contributed by atoms with van der Waals surface area (Å²) in [4.78, 5) is 39.2. The minimum absolute atomic E-state index is 0.0236. The van der Waals surface area contributed by atoms with E-state index in [1.807, 2.05) is 48.5 Å². The van der Waals surface area contributed by atoms with Crippen molar-refractivity contribution < 1.29 is 19.2 Å². The topological polar surface area (TPSA) is 102 Å². The van der Waals surface area contributed by atoms with Crippen molar-refractivity contribution in [3.63, 3.8) is 0 Å². The predicted molar refractivity (Wildman–Crippen MR) is 126 cm³/mol. The molecule has 168 valence electrons. The Morgan fingerprint density at radius 1 is 1.03 bits per heavy atom. The lowest BCUT2D eigenvalue weighted by atomic mass is 10.2. The van der Waals surface area contributed by atoms with Crippen LogP contribution in [-0.4, -0.2) is 30.0 Å². The molecule has 8 nitrogen and oxygen atoms in total. The SMILES string of the molecule is O=C(COC(=O)CCN1c2ccccc2Sc2ccccc21)Nc1ccc(Cl)cc1[N+](=O)[O-]. The molecule has 0 aliphatic carbocycles. The molecule has 33 heavy (non-hydrogen) atoms. The van der Waals surface area contributed by atoms with Gasteiger partial charge in [-0.05, 0) is 36.4 Å². The minimum atomic E-state index is -0.682. The van der Waals surface area contributed by atoms with Crippen LogP contribution in [0.15, 0.2) is 76.5 Å². The van der Waals surface area contributed by atoms with Gasteiger partial charge in [0.2, 0.25) is 0 Å². The van der Waals surface area contributed by atoms with Gasteiger partial charge >= 0.3 is 5.97 Å². The number of hydrogen-bond donors (Lipinski definition) is 1. The molecular weight excluding hydrogens is 466 g/mol. The van der Waals surface area contributed by atoms with Crippen molar-refractivity contribution in [3.8, 4) is 0 Å². The van der Waals surface area contributed by atoms with Crippen molar-refractivity contribution in [2.75, 3.05) is 23.4 Å². The van der Waals surface area contributed by atoms with Crippen molar-refractivity contribution >= 4 is 58.0 Å². The number of halogens is 1. The van der Waals surface area contributed by atoms with E-state index in [1.54, 1.807) is 11.8 Å². The summed E-state index contributed by atoms with van der Waals surface area (Å²) in [7, 11) is 0. The molecule has 3 aromatic rings. The molecule has 0 fully saturated rings. The molecule has 0 saturated heterocycles. The van der Waals surface area contributed by atoms with E-state index in [4.69, 9.17) is 16.3 Å². The molecule has 0 saturated carbocycles. The van der Waals surface area contributed by atoms with Gasteiger partial charge in [0.15, 0.2) is 6.61 Å². The summed E-state index contributed by atoms with van der Waals surface area (Å²) in [6, 6.07) is 19.8. The maximum Gasteiger partial charge on any atom is 0.308 e. The number of nitro groups is 1. The number of para-hydroxylation sites is 2. The van der Waals surface area contributed by atoms with Crippen molar-refractivity contribution in [2.45, 2.75) is 16.2 Å². The van der Waals surface area contributed by atoms with Gasteiger partial charge in [0.25, 0.3) is 11.6 Å². The van der Waals surface area contributed by atoms with Crippen molar-refractivity contribution in [1.29, 1.82) is 0 Å². The van der Waals surface area contributed by atoms with Crippen LogP contribution in [0.5, 0.6) is 0 Å². The zero-order valence-corrected chi connectivity index (χ0v) is 18.8. The summed E-state index contributed by atoms with van der Waals surface area (Å²) >= 11 is 7.44. The third-order valence-corrected chi connectivity index (χ3v) is 6.23. The van der Waals surface area contributed by atoms with E-state index < -0.39 is 23.4 Å². The van der Waals surface area contributed by atoms with Gasteiger partial charge in [-0.25, -0.2) is 0 Å². The van der Waals surface area contributed by atoms with Crippen LogP contribution < -0.4 is 10.2 Å². The highest BCUT2D eigenvalue weighted by Crippen LogP contribution is 2.47. The van der Waals surface area contributed by atoms with E-state index >= 15 is 0 Å². The number of esters is 1. The fourth-order valence-electron chi connectivity index (χ4n) is 3.39. The maximum atomic E-state index is 12.3. The quantitative estimate of drug-likeness (QED) is 0.272. The number of benzene rings is 3. The van der Waals surface area contributed by atoms with Crippen LogP contribution in [0.2, 0.25) is 5.02 Å². The number of carbonyl (C=O) groups is 2. The summed E-state index contributed by atoms with van der Waals surface area (Å²) in [5, 5.41) is 13.7. The second kappa shape index (κ2) is 9.93. The first-order chi connectivity index (χ1) is 15.9. The van der Waals surface area contributed by atoms with Crippen LogP contribution in [0.3, 0.4) is 0 Å². The van der Waals surface area contributed by atoms with E-state index in [-0.39, 0.29) is 22.8 Å². The molecule has 0 spiro atoms. The van der Waals surface area contributed by atoms with Crippen molar-refractivity contribution in [1.82, 2.24) is 0 Å². The van der Waals surface area contributed by atoms with Gasteiger partial charge in [-0.15, -0.1) is 0 Å². The second-order valence-electron chi connectivity index (χ2n) is 7.07. The number of hydrogen-bond acceptors (Lipinski definition) is 7. The minimum Gasteiger partial charge on any atom is -0.456 e. The van der Waals surface area contributed by atoms with E-state index in [0.29, 0.717) is 6.54 Å². The summed E-state index contributed by atoms with van der Waals surface area (Å²) in [5.74, 6) is -1.23. The lowest BCUT2D eigenvalue weighted by Gasteiger charge is -2.32. The third kappa shape index (κ3) is 5.27. The molecule has 10 heteroatoms. The Balaban J connectivity index is 1.35. The Bertz CT molecular complexity index is 1190. The zero-order valence-electron chi connectivity index (χ0n) is 17.2. The standard InChI is InChI=1S/C23H18ClN3O5S/c24-15-9-10-16(19(13-15)27(30)31)25-22(28)14-32-23(29)11-12-26-17-5-1-3-7-20(17)33-21-8-4-2-6-18(21)26/h1-10,13H,11-12,14H2,(H,25,28). The molecular formula is C23H18ClN3O5S. The zero-order chi connectivity index (χ0) is 23.4. The highest BCUT2D eigenvalue weighted by Gasteiger charge is 2.23. The van der Waals surface area contributed by atoms with Crippen molar-refractivity contribution in [2.24, 2.45) is 0 Å². The van der Waals surface area contributed by atoms with Gasteiger partial charge in [0.05, 0.1) is 22.7 Å². The van der Waals surface area contributed by atoms with E-state index in [9.17, 15) is 19.7 Å². The molecule has 1 aliphatic heterocycles. The maximum absolute atomic E-state index is 12.3. The summed E-state index contributed by atoms with van der Waals surface area (Å²) in [5.41, 5.74) is 1.63. The third-order valence-electron chi connectivity index (χ3n) is 4.87. The fourth-order valence-corrected chi connectivity index (χ4v) is 4.65. The van der Waals surface area contributed by atoms with Crippen LogP contribution in [0.4, 0.5) is 22.7 Å². The molecule has 1 aliphatic rings. The highest BCUT2D eigenvalue weighted by molar-refractivity contribution is 7.99. The largest absolute Gasteiger partial charge is 0.456 e. The normalized spacial score (nSPS) is 11.8. The van der Waals surface area contributed by atoms with Crippen molar-refractivity contribution in [3.05, 3.63) is 81.9 Å². The Kier molecular flexibility index (Phi) is 6.81. The highest BCUT2D eigenvalue weighted by atomic mass is 35.5.